The van der Waals surface area contributed by atoms with E-state index in [0.717, 1.165) is 0 Å². The van der Waals surface area contributed by atoms with Crippen LogP contribution >= 0.6 is 0 Å². The van der Waals surface area contributed by atoms with Crippen LogP contribution < -0.4 is 21.7 Å². The number of rotatable bonds is 15. The van der Waals surface area contributed by atoms with Gasteiger partial charge in [0.1, 0.15) is 18.1 Å². The normalized spacial score (nSPS) is 15.5. The Balaban J connectivity index is 5.46. The minimum Gasteiger partial charge on any atom is -0.481 e. The first-order chi connectivity index (χ1) is 15.2. The van der Waals surface area contributed by atoms with Crippen molar-refractivity contribution in [3.05, 3.63) is 0 Å². The minimum atomic E-state index is -1.60. The molecule has 0 saturated heterocycles. The summed E-state index contributed by atoms with van der Waals surface area (Å²) in [7, 11) is 0. The predicted molar refractivity (Wildman–Crippen MR) is 112 cm³/mol. The zero-order valence-corrected chi connectivity index (χ0v) is 18.6. The fraction of sp³-hybridized carbons (Fsp3) is 0.684. The van der Waals surface area contributed by atoms with E-state index in [-0.39, 0.29) is 6.42 Å². The molecule has 0 aliphatic heterocycles. The van der Waals surface area contributed by atoms with Gasteiger partial charge < -0.3 is 42.1 Å². The molecular weight excluding hydrogens is 444 g/mol. The van der Waals surface area contributed by atoms with Crippen molar-refractivity contribution in [1.29, 1.82) is 0 Å². The van der Waals surface area contributed by atoms with Crippen molar-refractivity contribution in [1.82, 2.24) is 16.0 Å². The average Bonchev–Trinajstić information content (AvgIpc) is 2.69. The highest BCUT2D eigenvalue weighted by molar-refractivity contribution is 5.94. The van der Waals surface area contributed by atoms with Crippen molar-refractivity contribution < 1.29 is 49.2 Å². The van der Waals surface area contributed by atoms with E-state index < -0.39 is 91.1 Å². The average molecular weight is 476 g/mol. The summed E-state index contributed by atoms with van der Waals surface area (Å²) in [5.41, 5.74) is 5.58. The maximum Gasteiger partial charge on any atom is 0.326 e. The third kappa shape index (κ3) is 11.2. The predicted octanol–water partition coefficient (Wildman–Crippen LogP) is -2.38. The molecule has 14 nitrogen and oxygen atoms in total. The molecule has 0 spiro atoms. The molecule has 0 aromatic heterocycles. The number of aliphatic hydroxyl groups excluding tert-OH is 1. The van der Waals surface area contributed by atoms with E-state index in [4.69, 9.17) is 15.9 Å². The van der Waals surface area contributed by atoms with E-state index in [0.29, 0.717) is 0 Å². The standard InChI is InChI=1S/C19H32N4O10/c1-8(2)14(19(32)33)22-17(30)11(5-7-13(27)28)21-18(31)15(9(3)24)23-16(29)10(20)4-6-12(25)26/h8-11,14-15,24H,4-7,20H2,1-3H3,(H,21,31)(H,22,30)(H,23,29)(H,25,26)(H,27,28)(H,32,33)/t9-,10+,11+,14+,15+/m1/s1. The minimum absolute atomic E-state index is 0.231. The summed E-state index contributed by atoms with van der Waals surface area (Å²) in [5.74, 6) is -7.23. The number of aliphatic hydroxyl groups is 1. The molecule has 0 saturated carbocycles. The van der Waals surface area contributed by atoms with E-state index in [1.807, 2.05) is 0 Å². The van der Waals surface area contributed by atoms with Gasteiger partial charge in [-0.05, 0) is 25.7 Å². The molecule has 9 N–H and O–H groups in total. The lowest BCUT2D eigenvalue weighted by Crippen LogP contribution is -2.60. The van der Waals surface area contributed by atoms with Gasteiger partial charge in [0.05, 0.1) is 12.1 Å². The van der Waals surface area contributed by atoms with Gasteiger partial charge in [0.2, 0.25) is 17.7 Å². The van der Waals surface area contributed by atoms with E-state index >= 15 is 0 Å². The van der Waals surface area contributed by atoms with Crippen LogP contribution in [0.5, 0.6) is 0 Å². The summed E-state index contributed by atoms with van der Waals surface area (Å²) in [6.07, 6.45) is -3.03. The topological polar surface area (TPSA) is 245 Å². The van der Waals surface area contributed by atoms with Crippen LogP contribution in [0.25, 0.3) is 0 Å². The molecule has 0 rings (SSSR count). The lowest BCUT2D eigenvalue weighted by molar-refractivity contribution is -0.144. The molecule has 0 aliphatic carbocycles. The molecule has 0 radical (unpaired) electrons. The molecule has 0 unspecified atom stereocenters. The quantitative estimate of drug-likeness (QED) is 0.124. The van der Waals surface area contributed by atoms with Crippen molar-refractivity contribution in [2.75, 3.05) is 0 Å². The van der Waals surface area contributed by atoms with Gasteiger partial charge in [-0.25, -0.2) is 4.79 Å². The van der Waals surface area contributed by atoms with Crippen molar-refractivity contribution in [3.63, 3.8) is 0 Å². The molecule has 0 aromatic carbocycles. The Bertz CT molecular complexity index is 740. The molecule has 0 bridgehead atoms. The summed E-state index contributed by atoms with van der Waals surface area (Å²) < 4.78 is 0. The first kappa shape index (κ1) is 29.7. The highest BCUT2D eigenvalue weighted by atomic mass is 16.4. The summed E-state index contributed by atoms with van der Waals surface area (Å²) in [4.78, 5) is 70.3. The molecule has 14 heteroatoms. The van der Waals surface area contributed by atoms with Crippen molar-refractivity contribution in [3.8, 4) is 0 Å². The molecule has 0 aromatic rings. The zero-order chi connectivity index (χ0) is 25.9. The van der Waals surface area contributed by atoms with Gasteiger partial charge in [-0.3, -0.25) is 24.0 Å². The maximum absolute atomic E-state index is 12.7. The SMILES string of the molecule is CC(C)[C@H](NC(=O)[C@H](CCC(=O)O)NC(=O)[C@@H](NC(=O)[C@@H](N)CCC(=O)O)[C@@H](C)O)C(=O)O. The van der Waals surface area contributed by atoms with Gasteiger partial charge in [0.15, 0.2) is 0 Å². The Hall–Kier alpha value is -3.26. The smallest absolute Gasteiger partial charge is 0.326 e. The lowest BCUT2D eigenvalue weighted by atomic mass is 10.0. The second-order valence-electron chi connectivity index (χ2n) is 7.83. The molecule has 0 fully saturated rings. The number of carboxylic acids is 3. The van der Waals surface area contributed by atoms with Crippen molar-refractivity contribution in [2.24, 2.45) is 11.7 Å². The molecule has 0 heterocycles. The number of hydrogen-bond acceptors (Lipinski definition) is 8. The van der Waals surface area contributed by atoms with E-state index in [2.05, 4.69) is 16.0 Å². The number of aliphatic carboxylic acids is 3. The number of hydrogen-bond donors (Lipinski definition) is 8. The number of nitrogens with two attached hydrogens (primary N) is 1. The molecule has 5 atom stereocenters. The largest absolute Gasteiger partial charge is 0.481 e. The second kappa shape index (κ2) is 14.0. The van der Waals surface area contributed by atoms with Crippen LogP contribution in [-0.4, -0.2) is 86.3 Å². The maximum atomic E-state index is 12.7. The molecule has 0 aliphatic rings. The number of carboxylic acid groups (broad SMARTS) is 3. The first-order valence-electron chi connectivity index (χ1n) is 10.2. The Kier molecular flexibility index (Phi) is 12.6. The van der Waals surface area contributed by atoms with Crippen molar-refractivity contribution >= 4 is 35.6 Å². The van der Waals surface area contributed by atoms with Crippen LogP contribution in [0.2, 0.25) is 0 Å². The Morgan fingerprint density at radius 1 is 0.727 bits per heavy atom. The number of carbonyl (C=O) groups is 6. The molecular formula is C19H32N4O10. The number of nitrogens with one attached hydrogen (secondary N) is 3. The Labute approximate surface area is 189 Å². The van der Waals surface area contributed by atoms with Gasteiger partial charge in [-0.1, -0.05) is 13.8 Å². The van der Waals surface area contributed by atoms with Gasteiger partial charge in [0.25, 0.3) is 0 Å². The fourth-order valence-electron chi connectivity index (χ4n) is 2.64. The Morgan fingerprint density at radius 2 is 1.21 bits per heavy atom. The van der Waals surface area contributed by atoms with Crippen LogP contribution in [0.3, 0.4) is 0 Å². The van der Waals surface area contributed by atoms with Crippen LogP contribution in [0.15, 0.2) is 0 Å². The summed E-state index contributed by atoms with van der Waals surface area (Å²) >= 11 is 0. The van der Waals surface area contributed by atoms with Gasteiger partial charge in [-0.2, -0.15) is 0 Å². The molecule has 3 amide bonds. The summed E-state index contributed by atoms with van der Waals surface area (Å²) in [6.45, 7) is 4.24. The lowest BCUT2D eigenvalue weighted by Gasteiger charge is -2.26. The highest BCUT2D eigenvalue weighted by Crippen LogP contribution is 2.06. The van der Waals surface area contributed by atoms with Gasteiger partial charge in [-0.15, -0.1) is 0 Å². The summed E-state index contributed by atoms with van der Waals surface area (Å²) in [6, 6.07) is -5.67. The van der Waals surface area contributed by atoms with Crippen LogP contribution in [0, 0.1) is 5.92 Å². The zero-order valence-electron chi connectivity index (χ0n) is 18.6. The van der Waals surface area contributed by atoms with Crippen LogP contribution in [0.1, 0.15) is 46.5 Å². The Morgan fingerprint density at radius 3 is 1.64 bits per heavy atom. The fourth-order valence-corrected chi connectivity index (χ4v) is 2.64. The van der Waals surface area contributed by atoms with Crippen LogP contribution in [-0.2, 0) is 28.8 Å². The van der Waals surface area contributed by atoms with E-state index in [9.17, 15) is 39.0 Å². The highest BCUT2D eigenvalue weighted by Gasteiger charge is 2.33. The van der Waals surface area contributed by atoms with Gasteiger partial charge in [0, 0.05) is 12.8 Å². The second-order valence-corrected chi connectivity index (χ2v) is 7.83. The van der Waals surface area contributed by atoms with Crippen LogP contribution in [0.4, 0.5) is 0 Å². The monoisotopic (exact) mass is 476 g/mol. The molecule has 33 heavy (non-hydrogen) atoms. The number of amides is 3. The van der Waals surface area contributed by atoms with Gasteiger partial charge >= 0.3 is 17.9 Å². The third-order valence-corrected chi connectivity index (χ3v) is 4.58. The van der Waals surface area contributed by atoms with Crippen molar-refractivity contribution in [2.45, 2.75) is 76.7 Å². The molecule has 188 valence electrons. The van der Waals surface area contributed by atoms with E-state index in [1.165, 1.54) is 20.8 Å². The number of carbonyl (C=O) groups excluding carboxylic acids is 3. The first-order valence-corrected chi connectivity index (χ1v) is 10.2. The summed E-state index contributed by atoms with van der Waals surface area (Å²) in [5, 5.41) is 43.3. The third-order valence-electron chi connectivity index (χ3n) is 4.58. The van der Waals surface area contributed by atoms with E-state index in [1.54, 1.807) is 0 Å².